The molecule has 0 aliphatic heterocycles. The lowest BCUT2D eigenvalue weighted by Crippen LogP contribution is -2.32. The normalized spacial score (nSPS) is 8.58. The molecule has 0 heterocycles. The molecule has 0 aromatic carbocycles. The number of carbonyl (C=O) groups is 2. The predicted octanol–water partition coefficient (Wildman–Crippen LogP) is -0.446. The summed E-state index contributed by atoms with van der Waals surface area (Å²) in [7, 11) is 0. The van der Waals surface area contributed by atoms with Crippen molar-refractivity contribution in [2.24, 2.45) is 0 Å². The fourth-order valence-electron chi connectivity index (χ4n) is 0.443. The average molecular weight is 187 g/mol. The Morgan fingerprint density at radius 1 is 1.58 bits per heavy atom. The van der Waals surface area contributed by atoms with Crippen molar-refractivity contribution < 1.29 is 14.7 Å². The Bertz CT molecular complexity index is 209. The summed E-state index contributed by atoms with van der Waals surface area (Å²) in [5, 5.41) is 10.3. The molecule has 0 saturated carbocycles. The molecule has 66 valence electrons. The molecule has 0 radical (unpaired) electrons. The summed E-state index contributed by atoms with van der Waals surface area (Å²) in [6, 6.07) is 0. The molecule has 2 N–H and O–H groups in total. The molecular formula is C7H9NO3S. The smallest absolute Gasteiger partial charge is 0.394 e. The van der Waals surface area contributed by atoms with E-state index in [0.717, 1.165) is 0 Å². The number of carboxylic acid groups (broad SMARTS) is 1. The predicted molar refractivity (Wildman–Crippen MR) is 46.8 cm³/mol. The van der Waals surface area contributed by atoms with Gasteiger partial charge in [0.25, 0.3) is 0 Å². The zero-order valence-corrected chi connectivity index (χ0v) is 7.19. The van der Waals surface area contributed by atoms with E-state index in [1.807, 2.05) is 0 Å². The van der Waals surface area contributed by atoms with Crippen molar-refractivity contribution in [2.75, 3.05) is 18.1 Å². The zero-order chi connectivity index (χ0) is 9.40. The summed E-state index contributed by atoms with van der Waals surface area (Å²) in [4.78, 5) is 20.4. The van der Waals surface area contributed by atoms with Crippen LogP contribution in [0.1, 0.15) is 0 Å². The highest BCUT2D eigenvalue weighted by molar-refractivity contribution is 7.99. The number of thioether (sulfide) groups is 1. The number of nitrogens with one attached hydrogen (secondary N) is 1. The second-order valence-corrected chi connectivity index (χ2v) is 2.92. The molecule has 0 unspecified atom stereocenters. The molecule has 12 heavy (non-hydrogen) atoms. The van der Waals surface area contributed by atoms with Crippen LogP contribution in [0.25, 0.3) is 0 Å². The van der Waals surface area contributed by atoms with Gasteiger partial charge in [-0.15, -0.1) is 18.2 Å². The third kappa shape index (κ3) is 5.62. The van der Waals surface area contributed by atoms with E-state index in [1.165, 1.54) is 11.8 Å². The van der Waals surface area contributed by atoms with Crippen LogP contribution in [0.4, 0.5) is 0 Å². The van der Waals surface area contributed by atoms with Gasteiger partial charge in [0.1, 0.15) is 0 Å². The number of hydrogen-bond acceptors (Lipinski definition) is 3. The summed E-state index contributed by atoms with van der Waals surface area (Å²) in [5.41, 5.74) is 0. The Hall–Kier alpha value is -1.15. The van der Waals surface area contributed by atoms with E-state index >= 15 is 0 Å². The molecule has 4 nitrogen and oxygen atoms in total. The Kier molecular flexibility index (Phi) is 5.93. The first-order valence-corrected chi connectivity index (χ1v) is 4.36. The second-order valence-electron chi connectivity index (χ2n) is 1.82. The third-order valence-electron chi connectivity index (χ3n) is 0.912. The topological polar surface area (TPSA) is 66.4 Å². The van der Waals surface area contributed by atoms with Gasteiger partial charge >= 0.3 is 11.9 Å². The third-order valence-corrected chi connectivity index (χ3v) is 1.78. The SMILES string of the molecule is C#CCSCCNC(=O)C(=O)O. The molecular weight excluding hydrogens is 178 g/mol. The van der Waals surface area contributed by atoms with E-state index in [9.17, 15) is 9.59 Å². The lowest BCUT2D eigenvalue weighted by molar-refractivity contribution is -0.150. The maximum atomic E-state index is 10.4. The lowest BCUT2D eigenvalue weighted by Gasteiger charge is -1.98. The number of amides is 1. The minimum absolute atomic E-state index is 0.331. The first kappa shape index (κ1) is 10.8. The molecule has 0 aromatic rings. The van der Waals surface area contributed by atoms with Gasteiger partial charge in [-0.3, -0.25) is 4.79 Å². The largest absolute Gasteiger partial charge is 0.474 e. The van der Waals surface area contributed by atoms with Crippen molar-refractivity contribution in [2.45, 2.75) is 0 Å². The van der Waals surface area contributed by atoms with Gasteiger partial charge in [-0.25, -0.2) is 4.79 Å². The molecule has 0 bridgehead atoms. The Morgan fingerprint density at radius 2 is 2.25 bits per heavy atom. The van der Waals surface area contributed by atoms with Crippen LogP contribution in [0.2, 0.25) is 0 Å². The van der Waals surface area contributed by atoms with Crippen LogP contribution in [-0.2, 0) is 9.59 Å². The van der Waals surface area contributed by atoms with Crippen LogP contribution < -0.4 is 5.32 Å². The van der Waals surface area contributed by atoms with Crippen LogP contribution in [0.15, 0.2) is 0 Å². The van der Waals surface area contributed by atoms with Gasteiger partial charge in [0, 0.05) is 12.3 Å². The van der Waals surface area contributed by atoms with E-state index in [0.29, 0.717) is 18.1 Å². The fourth-order valence-corrected chi connectivity index (χ4v) is 0.952. The average Bonchev–Trinajstić information content (AvgIpc) is 2.03. The summed E-state index contributed by atoms with van der Waals surface area (Å²) < 4.78 is 0. The molecule has 1 amide bonds. The highest BCUT2D eigenvalue weighted by atomic mass is 32.2. The Morgan fingerprint density at radius 3 is 2.75 bits per heavy atom. The molecule has 0 atom stereocenters. The molecule has 0 saturated heterocycles. The monoisotopic (exact) mass is 187 g/mol. The van der Waals surface area contributed by atoms with Gasteiger partial charge < -0.3 is 10.4 Å². The maximum absolute atomic E-state index is 10.4. The number of aliphatic carboxylic acids is 1. The second kappa shape index (κ2) is 6.55. The zero-order valence-electron chi connectivity index (χ0n) is 6.37. The maximum Gasteiger partial charge on any atom is 0.394 e. The Balaban J connectivity index is 3.27. The van der Waals surface area contributed by atoms with Crippen LogP contribution in [0.3, 0.4) is 0 Å². The molecule has 5 heteroatoms. The minimum atomic E-state index is -1.46. The van der Waals surface area contributed by atoms with Crippen LogP contribution in [0, 0.1) is 12.3 Å². The van der Waals surface area contributed by atoms with Gasteiger partial charge in [-0.1, -0.05) is 5.92 Å². The standard InChI is InChI=1S/C7H9NO3S/c1-2-4-12-5-3-8-6(9)7(10)11/h1H,3-5H2,(H,8,9)(H,10,11). The first-order chi connectivity index (χ1) is 5.68. The number of carbonyl (C=O) groups excluding carboxylic acids is 1. The Labute approximate surface area is 74.7 Å². The summed E-state index contributed by atoms with van der Waals surface area (Å²) >= 11 is 1.46. The van der Waals surface area contributed by atoms with Crippen molar-refractivity contribution in [3.8, 4) is 12.3 Å². The van der Waals surface area contributed by atoms with Crippen molar-refractivity contribution >= 4 is 23.6 Å². The van der Waals surface area contributed by atoms with Crippen LogP contribution in [0.5, 0.6) is 0 Å². The summed E-state index contributed by atoms with van der Waals surface area (Å²) in [6.07, 6.45) is 4.97. The van der Waals surface area contributed by atoms with E-state index in [4.69, 9.17) is 11.5 Å². The van der Waals surface area contributed by atoms with E-state index < -0.39 is 11.9 Å². The van der Waals surface area contributed by atoms with Crippen molar-refractivity contribution in [3.05, 3.63) is 0 Å². The summed E-state index contributed by atoms with van der Waals surface area (Å²) in [6.45, 7) is 0.331. The highest BCUT2D eigenvalue weighted by Gasteiger charge is 2.08. The fraction of sp³-hybridized carbons (Fsp3) is 0.429. The highest BCUT2D eigenvalue weighted by Crippen LogP contribution is 1.94. The van der Waals surface area contributed by atoms with Crippen molar-refractivity contribution in [3.63, 3.8) is 0 Å². The first-order valence-electron chi connectivity index (χ1n) is 3.20. The van der Waals surface area contributed by atoms with Gasteiger partial charge in [0.05, 0.1) is 5.75 Å². The van der Waals surface area contributed by atoms with Gasteiger partial charge in [0.2, 0.25) is 0 Å². The van der Waals surface area contributed by atoms with E-state index in [1.54, 1.807) is 0 Å². The van der Waals surface area contributed by atoms with E-state index in [-0.39, 0.29) is 0 Å². The number of hydrogen-bond donors (Lipinski definition) is 2. The van der Waals surface area contributed by atoms with Crippen molar-refractivity contribution in [1.29, 1.82) is 0 Å². The van der Waals surface area contributed by atoms with Crippen LogP contribution >= 0.6 is 11.8 Å². The molecule has 0 aromatic heterocycles. The summed E-state index contributed by atoms with van der Waals surface area (Å²) in [5.74, 6) is 1.18. The lowest BCUT2D eigenvalue weighted by atomic mass is 10.6. The molecule has 0 spiro atoms. The molecule has 0 aliphatic carbocycles. The number of rotatable bonds is 4. The van der Waals surface area contributed by atoms with Crippen LogP contribution in [-0.4, -0.2) is 35.0 Å². The molecule has 0 fully saturated rings. The molecule has 0 aliphatic rings. The van der Waals surface area contributed by atoms with Gasteiger partial charge in [-0.2, -0.15) is 0 Å². The molecule has 0 rings (SSSR count). The van der Waals surface area contributed by atoms with Gasteiger partial charge in [0.15, 0.2) is 0 Å². The van der Waals surface area contributed by atoms with Gasteiger partial charge in [-0.05, 0) is 0 Å². The quantitative estimate of drug-likeness (QED) is 0.355. The minimum Gasteiger partial charge on any atom is -0.474 e. The van der Waals surface area contributed by atoms with E-state index in [2.05, 4.69) is 11.2 Å². The van der Waals surface area contributed by atoms with Crippen molar-refractivity contribution in [1.82, 2.24) is 5.32 Å². The number of carboxylic acids is 1. The number of terminal acetylenes is 1.